The average Bonchev–Trinajstić information content (AvgIpc) is 3.14. The van der Waals surface area contributed by atoms with E-state index in [9.17, 15) is 9.18 Å². The lowest BCUT2D eigenvalue weighted by Gasteiger charge is -2.57. The third-order valence-corrected chi connectivity index (χ3v) is 7.85. The number of pyridine rings is 1. The van der Waals surface area contributed by atoms with E-state index in [1.165, 1.54) is 23.5 Å². The minimum atomic E-state index is -0.302. The summed E-state index contributed by atoms with van der Waals surface area (Å²) in [6.07, 6.45) is 5.31. The molecule has 32 heavy (non-hydrogen) atoms. The summed E-state index contributed by atoms with van der Waals surface area (Å²) in [5, 5.41) is 1.34. The van der Waals surface area contributed by atoms with E-state index >= 15 is 0 Å². The molecule has 166 valence electrons. The van der Waals surface area contributed by atoms with Crippen LogP contribution in [0.2, 0.25) is 5.02 Å². The van der Waals surface area contributed by atoms with Crippen LogP contribution in [-0.2, 0) is 0 Å². The van der Waals surface area contributed by atoms with Crippen molar-refractivity contribution in [3.63, 3.8) is 0 Å². The van der Waals surface area contributed by atoms with Gasteiger partial charge in [-0.15, -0.1) is 11.3 Å². The van der Waals surface area contributed by atoms with Crippen LogP contribution in [0.25, 0.3) is 10.4 Å². The number of nitrogens with zero attached hydrogens (tertiary/aromatic N) is 3. The molecule has 1 aromatic carbocycles. The smallest absolute Gasteiger partial charge is 0.274 e. The minimum Gasteiger partial charge on any atom is -0.491 e. The van der Waals surface area contributed by atoms with Gasteiger partial charge < -0.3 is 9.64 Å². The van der Waals surface area contributed by atoms with Gasteiger partial charge in [0, 0.05) is 24.0 Å². The van der Waals surface area contributed by atoms with Crippen molar-refractivity contribution in [3.8, 4) is 16.2 Å². The van der Waals surface area contributed by atoms with Gasteiger partial charge in [0.2, 0.25) is 0 Å². The van der Waals surface area contributed by atoms with Gasteiger partial charge in [-0.1, -0.05) is 18.5 Å². The summed E-state index contributed by atoms with van der Waals surface area (Å²) in [6.45, 7) is 4.45. The van der Waals surface area contributed by atoms with Crippen LogP contribution in [-0.4, -0.2) is 39.5 Å². The molecule has 0 unspecified atom stereocenters. The average molecular weight is 472 g/mol. The van der Waals surface area contributed by atoms with Crippen molar-refractivity contribution >= 4 is 28.8 Å². The minimum absolute atomic E-state index is 0.0719. The number of piperidine rings is 2. The van der Waals surface area contributed by atoms with Gasteiger partial charge in [-0.3, -0.25) is 9.78 Å². The first-order valence-corrected chi connectivity index (χ1v) is 11.9. The largest absolute Gasteiger partial charge is 0.491 e. The molecule has 3 fully saturated rings. The second-order valence-electron chi connectivity index (χ2n) is 8.59. The van der Waals surface area contributed by atoms with E-state index in [2.05, 4.69) is 16.9 Å². The van der Waals surface area contributed by atoms with Crippen LogP contribution in [0.4, 0.5) is 4.39 Å². The summed E-state index contributed by atoms with van der Waals surface area (Å²) in [6, 6.07) is 7.92. The van der Waals surface area contributed by atoms with Crippen molar-refractivity contribution in [2.45, 2.75) is 38.8 Å². The zero-order valence-corrected chi connectivity index (χ0v) is 19.4. The predicted molar refractivity (Wildman–Crippen MR) is 123 cm³/mol. The van der Waals surface area contributed by atoms with E-state index in [4.69, 9.17) is 16.3 Å². The number of fused-ring (bicyclic) bond motifs is 2. The molecule has 2 atom stereocenters. The Morgan fingerprint density at radius 2 is 2.03 bits per heavy atom. The molecule has 2 aliphatic heterocycles. The first-order valence-electron chi connectivity index (χ1n) is 10.7. The molecular formula is C24H23ClFN3O2S. The van der Waals surface area contributed by atoms with Crippen molar-refractivity contribution in [1.82, 2.24) is 14.9 Å². The maximum absolute atomic E-state index is 13.9. The monoisotopic (exact) mass is 471 g/mol. The zero-order valence-electron chi connectivity index (χ0n) is 17.8. The number of aromatic nitrogens is 2. The number of carbonyl (C=O) groups is 1. The number of hydrogen-bond acceptors (Lipinski definition) is 5. The van der Waals surface area contributed by atoms with Gasteiger partial charge in [-0.2, -0.15) is 0 Å². The summed E-state index contributed by atoms with van der Waals surface area (Å²) >= 11 is 7.62. The third-order valence-electron chi connectivity index (χ3n) is 6.62. The van der Waals surface area contributed by atoms with Crippen molar-refractivity contribution in [2.75, 3.05) is 6.61 Å². The van der Waals surface area contributed by atoms with Gasteiger partial charge in [0.25, 0.3) is 5.91 Å². The van der Waals surface area contributed by atoms with Crippen LogP contribution in [0.5, 0.6) is 5.75 Å². The number of benzene rings is 1. The molecule has 0 spiro atoms. The Bertz CT molecular complexity index is 1150. The lowest BCUT2D eigenvalue weighted by Crippen LogP contribution is -2.64. The maximum Gasteiger partial charge on any atom is 0.274 e. The number of halogens is 2. The van der Waals surface area contributed by atoms with E-state index in [1.807, 2.05) is 17.9 Å². The highest BCUT2D eigenvalue weighted by molar-refractivity contribution is 7.15. The van der Waals surface area contributed by atoms with Gasteiger partial charge in [0.1, 0.15) is 23.9 Å². The van der Waals surface area contributed by atoms with Crippen LogP contribution in [0.15, 0.2) is 42.7 Å². The topological polar surface area (TPSA) is 55.3 Å². The summed E-state index contributed by atoms with van der Waals surface area (Å²) in [4.78, 5) is 25.4. The van der Waals surface area contributed by atoms with Gasteiger partial charge in [-0.25, -0.2) is 9.37 Å². The fraction of sp³-hybridized carbons (Fsp3) is 0.375. The van der Waals surface area contributed by atoms with E-state index in [1.54, 1.807) is 24.5 Å². The van der Waals surface area contributed by atoms with E-state index in [-0.39, 0.29) is 23.8 Å². The standard InChI is InChI=1S/C24H23ClFN3O2S/c1-13-15-8-19(9-15)29(21(13)12-31-20-5-3-18(26)4-6-20)24(30)22-23(32-14(2)28-22)16-7-17(25)11-27-10-16/h3-7,10-11,13,15,19,21H,8-9,12H2,1-2H3/t13-,15?,19?,21-/m1/s1. The van der Waals surface area contributed by atoms with Crippen molar-refractivity contribution in [2.24, 2.45) is 11.8 Å². The highest BCUT2D eigenvalue weighted by atomic mass is 35.5. The SMILES string of the molecule is Cc1nc(C(=O)N2C3CC(C3)[C@@H](C)[C@H]2COc2ccc(F)cc2)c(-c2cncc(Cl)c2)s1. The second kappa shape index (κ2) is 8.45. The summed E-state index contributed by atoms with van der Waals surface area (Å²) in [5.74, 6) is 1.12. The van der Waals surface area contributed by atoms with Crippen molar-refractivity contribution < 1.29 is 13.9 Å². The zero-order chi connectivity index (χ0) is 22.4. The molecular weight excluding hydrogens is 449 g/mol. The molecule has 2 bridgehead atoms. The fourth-order valence-corrected chi connectivity index (χ4v) is 5.88. The summed E-state index contributed by atoms with van der Waals surface area (Å²) in [7, 11) is 0. The molecule has 1 saturated carbocycles. The first kappa shape index (κ1) is 21.3. The van der Waals surface area contributed by atoms with E-state index in [0.29, 0.717) is 34.9 Å². The number of thiazole rings is 1. The predicted octanol–water partition coefficient (Wildman–Crippen LogP) is 5.62. The Morgan fingerprint density at radius 1 is 1.28 bits per heavy atom. The van der Waals surface area contributed by atoms with Crippen molar-refractivity contribution in [3.05, 3.63) is 64.3 Å². The van der Waals surface area contributed by atoms with Gasteiger partial charge in [0.05, 0.1) is 20.9 Å². The lowest BCUT2D eigenvalue weighted by atomic mass is 9.64. The maximum atomic E-state index is 13.9. The Hall–Kier alpha value is -2.51. The highest BCUT2D eigenvalue weighted by Crippen LogP contribution is 2.47. The van der Waals surface area contributed by atoms with Crippen LogP contribution >= 0.6 is 22.9 Å². The normalized spacial score (nSPS) is 24.2. The van der Waals surface area contributed by atoms with Crippen LogP contribution in [0.1, 0.15) is 35.3 Å². The number of ether oxygens (including phenoxy) is 1. The van der Waals surface area contributed by atoms with Gasteiger partial charge >= 0.3 is 0 Å². The van der Waals surface area contributed by atoms with Crippen LogP contribution < -0.4 is 4.74 Å². The Labute approximate surface area is 195 Å². The van der Waals surface area contributed by atoms with Crippen molar-refractivity contribution in [1.29, 1.82) is 0 Å². The number of carbonyl (C=O) groups excluding carboxylic acids is 1. The Balaban J connectivity index is 1.44. The Kier molecular flexibility index (Phi) is 5.63. The molecule has 5 nitrogen and oxygen atoms in total. The number of rotatable bonds is 5. The van der Waals surface area contributed by atoms with E-state index in [0.717, 1.165) is 28.3 Å². The van der Waals surface area contributed by atoms with Gasteiger partial charge in [0.15, 0.2) is 0 Å². The third kappa shape index (κ3) is 3.88. The molecule has 2 aromatic heterocycles. The first-order chi connectivity index (χ1) is 15.4. The van der Waals surface area contributed by atoms with Gasteiger partial charge in [-0.05, 0) is 61.9 Å². The molecule has 6 rings (SSSR count). The lowest BCUT2D eigenvalue weighted by molar-refractivity contribution is -0.0672. The van der Waals surface area contributed by atoms with E-state index < -0.39 is 0 Å². The summed E-state index contributed by atoms with van der Waals surface area (Å²) in [5.41, 5.74) is 1.24. The fourth-order valence-electron chi connectivity index (χ4n) is 4.81. The highest BCUT2D eigenvalue weighted by Gasteiger charge is 2.51. The molecule has 2 saturated heterocycles. The quantitative estimate of drug-likeness (QED) is 0.484. The molecule has 0 N–H and O–H groups in total. The molecule has 8 heteroatoms. The Morgan fingerprint density at radius 3 is 2.75 bits per heavy atom. The molecule has 4 heterocycles. The molecule has 0 radical (unpaired) electrons. The second-order valence-corrected chi connectivity index (χ2v) is 10.2. The number of hydrogen-bond donors (Lipinski definition) is 0. The molecule has 3 aromatic rings. The molecule has 1 aliphatic carbocycles. The molecule has 3 aliphatic rings. The summed E-state index contributed by atoms with van der Waals surface area (Å²) < 4.78 is 19.2. The number of aryl methyl sites for hydroxylation is 1. The molecule has 1 amide bonds. The van der Waals surface area contributed by atoms with Crippen LogP contribution in [0.3, 0.4) is 0 Å². The number of amides is 1. The van der Waals surface area contributed by atoms with Crippen LogP contribution in [0, 0.1) is 24.6 Å².